The second-order valence-corrected chi connectivity index (χ2v) is 5.18. The van der Waals surface area contributed by atoms with Crippen LogP contribution in [-0.2, 0) is 19.1 Å². The molecule has 0 amide bonds. The van der Waals surface area contributed by atoms with Crippen molar-refractivity contribution in [1.29, 1.82) is 0 Å². The number of nitrogens with zero attached hydrogens (tertiary/aromatic N) is 4. The van der Waals surface area contributed by atoms with E-state index in [0.717, 1.165) is 23.6 Å². The molecule has 0 atom stereocenters. The Morgan fingerprint density at radius 1 is 1.41 bits per heavy atom. The Balaban J connectivity index is 2.01. The van der Waals surface area contributed by atoms with Crippen LogP contribution in [0, 0.1) is 0 Å². The first kappa shape index (κ1) is 14.7. The predicted octanol–water partition coefficient (Wildman–Crippen LogP) is 2.13. The van der Waals surface area contributed by atoms with Gasteiger partial charge in [-0.25, -0.2) is 4.68 Å². The van der Waals surface area contributed by atoms with Gasteiger partial charge in [0.15, 0.2) is 5.82 Å². The summed E-state index contributed by atoms with van der Waals surface area (Å²) in [5, 5.41) is 7.67. The van der Waals surface area contributed by atoms with E-state index in [-0.39, 0.29) is 24.0 Å². The molecule has 9 heteroatoms. The zero-order chi connectivity index (χ0) is 15.9. The van der Waals surface area contributed by atoms with Crippen LogP contribution in [0.5, 0.6) is 0 Å². The maximum Gasteiger partial charge on any atom is 0.421 e. The number of aromatic nitrogens is 4. The van der Waals surface area contributed by atoms with E-state index >= 15 is 0 Å². The molecule has 1 saturated carbocycles. The van der Waals surface area contributed by atoms with Crippen LogP contribution in [0.3, 0.4) is 0 Å². The van der Waals surface area contributed by atoms with Gasteiger partial charge in [-0.3, -0.25) is 4.79 Å². The Bertz CT molecular complexity index is 746. The molecule has 0 spiro atoms. The first-order valence-electron chi connectivity index (χ1n) is 6.89. The second-order valence-electron chi connectivity index (χ2n) is 5.18. The topological polar surface area (TPSA) is 73.8 Å². The molecule has 1 aliphatic rings. The fraction of sp³-hybridized carbons (Fsp3) is 0.538. The molecule has 0 unspecified atom stereocenters. The molecule has 3 rings (SSSR count). The summed E-state index contributed by atoms with van der Waals surface area (Å²) in [6, 6.07) is 0.849. The molecule has 1 fully saturated rings. The van der Waals surface area contributed by atoms with E-state index in [1.807, 2.05) is 6.92 Å². The summed E-state index contributed by atoms with van der Waals surface area (Å²) in [5.74, 6) is 0.479. The summed E-state index contributed by atoms with van der Waals surface area (Å²) < 4.78 is 44.7. The summed E-state index contributed by atoms with van der Waals surface area (Å²) in [7, 11) is 0. The molecule has 0 bridgehead atoms. The fourth-order valence-electron chi connectivity index (χ4n) is 2.08. The Labute approximate surface area is 122 Å². The Hall–Kier alpha value is -2.19. The normalized spacial score (nSPS) is 15.3. The highest BCUT2D eigenvalue weighted by atomic mass is 19.4. The Kier molecular flexibility index (Phi) is 3.50. The number of aryl methyl sites for hydroxylation is 1. The fourth-order valence-corrected chi connectivity index (χ4v) is 2.08. The van der Waals surface area contributed by atoms with Crippen LogP contribution in [0.4, 0.5) is 13.2 Å². The van der Waals surface area contributed by atoms with Gasteiger partial charge < -0.3 is 4.52 Å². The number of alkyl halides is 3. The van der Waals surface area contributed by atoms with Crippen molar-refractivity contribution in [3.05, 3.63) is 39.4 Å². The smallest absolute Gasteiger partial charge is 0.337 e. The van der Waals surface area contributed by atoms with Gasteiger partial charge in [0, 0.05) is 12.3 Å². The molecule has 2 aromatic rings. The van der Waals surface area contributed by atoms with E-state index in [1.54, 1.807) is 0 Å². The minimum Gasteiger partial charge on any atom is -0.337 e. The van der Waals surface area contributed by atoms with Gasteiger partial charge in [0.1, 0.15) is 12.1 Å². The van der Waals surface area contributed by atoms with Crippen LogP contribution in [0.25, 0.3) is 0 Å². The molecule has 0 aliphatic heterocycles. The lowest BCUT2D eigenvalue weighted by Crippen LogP contribution is -2.31. The average molecular weight is 314 g/mol. The van der Waals surface area contributed by atoms with Crippen molar-refractivity contribution in [3.8, 4) is 0 Å². The van der Waals surface area contributed by atoms with Crippen molar-refractivity contribution in [2.75, 3.05) is 0 Å². The zero-order valence-electron chi connectivity index (χ0n) is 11.7. The maximum atomic E-state index is 13.0. The van der Waals surface area contributed by atoms with Crippen LogP contribution >= 0.6 is 0 Å². The predicted molar refractivity (Wildman–Crippen MR) is 68.3 cm³/mol. The van der Waals surface area contributed by atoms with Crippen molar-refractivity contribution in [2.24, 2.45) is 0 Å². The lowest BCUT2D eigenvalue weighted by atomic mass is 10.2. The van der Waals surface area contributed by atoms with Crippen LogP contribution in [0.15, 0.2) is 15.4 Å². The highest BCUT2D eigenvalue weighted by Crippen LogP contribution is 2.40. The minimum absolute atomic E-state index is 0.0122. The molecule has 22 heavy (non-hydrogen) atoms. The summed E-state index contributed by atoms with van der Waals surface area (Å²) >= 11 is 0. The number of hydrogen-bond donors (Lipinski definition) is 0. The summed E-state index contributed by atoms with van der Waals surface area (Å²) in [6.07, 6.45) is -2.62. The van der Waals surface area contributed by atoms with Gasteiger partial charge in [-0.15, -0.1) is 0 Å². The summed E-state index contributed by atoms with van der Waals surface area (Å²) in [5.41, 5.74) is -2.13. The molecule has 118 valence electrons. The van der Waals surface area contributed by atoms with E-state index in [4.69, 9.17) is 4.52 Å². The second kappa shape index (κ2) is 5.22. The van der Waals surface area contributed by atoms with E-state index in [0.29, 0.717) is 12.2 Å². The van der Waals surface area contributed by atoms with Gasteiger partial charge in [0.2, 0.25) is 5.89 Å². The lowest BCUT2D eigenvalue weighted by molar-refractivity contribution is -0.139. The molecule has 2 aromatic heterocycles. The molecule has 0 aromatic carbocycles. The minimum atomic E-state index is -4.71. The van der Waals surface area contributed by atoms with E-state index in [1.165, 1.54) is 0 Å². The largest absolute Gasteiger partial charge is 0.421 e. The van der Waals surface area contributed by atoms with Gasteiger partial charge in [0.05, 0.1) is 5.69 Å². The third kappa shape index (κ3) is 2.88. The maximum absolute atomic E-state index is 13.0. The van der Waals surface area contributed by atoms with Crippen LogP contribution in [0.2, 0.25) is 0 Å². The lowest BCUT2D eigenvalue weighted by Gasteiger charge is -2.11. The molecule has 6 nitrogen and oxygen atoms in total. The van der Waals surface area contributed by atoms with Crippen molar-refractivity contribution in [3.63, 3.8) is 0 Å². The van der Waals surface area contributed by atoms with Crippen LogP contribution in [0.1, 0.15) is 48.7 Å². The van der Waals surface area contributed by atoms with Gasteiger partial charge in [-0.2, -0.15) is 23.3 Å². The van der Waals surface area contributed by atoms with Gasteiger partial charge >= 0.3 is 6.18 Å². The molecule has 0 N–H and O–H groups in total. The number of hydrogen-bond acceptors (Lipinski definition) is 5. The molecule has 0 saturated heterocycles. The van der Waals surface area contributed by atoms with Gasteiger partial charge in [-0.1, -0.05) is 12.1 Å². The van der Waals surface area contributed by atoms with E-state index in [2.05, 4.69) is 15.2 Å². The SMILES string of the molecule is CCc1noc(Cn2nc(C3CC3)cc(C(F)(F)F)c2=O)n1. The first-order valence-corrected chi connectivity index (χ1v) is 6.89. The van der Waals surface area contributed by atoms with Gasteiger partial charge in [-0.05, 0) is 18.9 Å². The van der Waals surface area contributed by atoms with E-state index in [9.17, 15) is 18.0 Å². The highest BCUT2D eigenvalue weighted by Gasteiger charge is 2.37. The quantitative estimate of drug-likeness (QED) is 0.864. The van der Waals surface area contributed by atoms with Crippen LogP contribution < -0.4 is 5.56 Å². The number of rotatable bonds is 4. The van der Waals surface area contributed by atoms with Gasteiger partial charge in [0.25, 0.3) is 5.56 Å². The standard InChI is InChI=1S/C13H13F3N4O2/c1-2-10-17-11(22-19-10)6-20-12(21)8(13(14,15)16)5-9(18-20)7-3-4-7/h5,7H,2-4,6H2,1H3. The summed E-state index contributed by atoms with van der Waals surface area (Å²) in [4.78, 5) is 16.0. The monoisotopic (exact) mass is 314 g/mol. The third-order valence-electron chi connectivity index (χ3n) is 3.41. The Morgan fingerprint density at radius 3 is 2.68 bits per heavy atom. The average Bonchev–Trinajstić information content (AvgIpc) is 3.20. The van der Waals surface area contributed by atoms with Crippen LogP contribution in [-0.4, -0.2) is 19.9 Å². The molecule has 0 radical (unpaired) electrons. The third-order valence-corrected chi connectivity index (χ3v) is 3.41. The van der Waals surface area contributed by atoms with Crippen molar-refractivity contribution in [1.82, 2.24) is 19.9 Å². The highest BCUT2D eigenvalue weighted by molar-refractivity contribution is 5.22. The molecular weight excluding hydrogens is 301 g/mol. The molecule has 1 aliphatic carbocycles. The van der Waals surface area contributed by atoms with Crippen molar-refractivity contribution >= 4 is 0 Å². The van der Waals surface area contributed by atoms with Crippen molar-refractivity contribution < 1.29 is 17.7 Å². The zero-order valence-corrected chi connectivity index (χ0v) is 11.7. The Morgan fingerprint density at radius 2 is 2.14 bits per heavy atom. The summed E-state index contributed by atoms with van der Waals surface area (Å²) in [6.45, 7) is 1.55. The molecule has 2 heterocycles. The number of halogens is 3. The van der Waals surface area contributed by atoms with E-state index < -0.39 is 17.3 Å². The van der Waals surface area contributed by atoms with Crippen molar-refractivity contribution in [2.45, 2.75) is 44.8 Å². The first-order chi connectivity index (χ1) is 10.4. The molecular formula is C13H13F3N4O2.